The van der Waals surface area contributed by atoms with E-state index in [1.165, 1.54) is 17.8 Å². The van der Waals surface area contributed by atoms with Gasteiger partial charge in [0.2, 0.25) is 0 Å². The highest BCUT2D eigenvalue weighted by molar-refractivity contribution is 9.10. The number of amides is 1. The van der Waals surface area contributed by atoms with Gasteiger partial charge in [0, 0.05) is 23.4 Å². The molecular weight excluding hydrogens is 371 g/mol. The summed E-state index contributed by atoms with van der Waals surface area (Å²) in [4.78, 5) is 11.8. The lowest BCUT2D eigenvalue weighted by Gasteiger charge is -2.13. The standard InChI is InChI=1S/C13H15BrF3NO2S/c14-9-2-3-10(11(8-9)13(15,16)17)12(20)18-4-7-21-6-1-5-19/h2-3,8,19H,1,4-7H2,(H,18,20). The number of carbonyl (C=O) groups is 1. The summed E-state index contributed by atoms with van der Waals surface area (Å²) < 4.78 is 38.9. The molecule has 0 saturated heterocycles. The number of rotatable bonds is 7. The van der Waals surface area contributed by atoms with Gasteiger partial charge in [0.25, 0.3) is 5.91 Å². The molecule has 0 aliphatic rings. The van der Waals surface area contributed by atoms with Crippen molar-refractivity contribution in [1.82, 2.24) is 5.32 Å². The Morgan fingerprint density at radius 2 is 2.05 bits per heavy atom. The minimum Gasteiger partial charge on any atom is -0.396 e. The van der Waals surface area contributed by atoms with Gasteiger partial charge in [-0.25, -0.2) is 0 Å². The molecule has 1 amide bonds. The van der Waals surface area contributed by atoms with E-state index in [0.29, 0.717) is 12.2 Å². The van der Waals surface area contributed by atoms with Crippen LogP contribution in [0, 0.1) is 0 Å². The van der Waals surface area contributed by atoms with Gasteiger partial charge in [0.05, 0.1) is 11.1 Å². The Labute approximate surface area is 133 Å². The van der Waals surface area contributed by atoms with Crippen LogP contribution in [0.2, 0.25) is 0 Å². The average Bonchev–Trinajstić information content (AvgIpc) is 2.41. The molecular formula is C13H15BrF3NO2S. The van der Waals surface area contributed by atoms with Crippen molar-refractivity contribution >= 4 is 33.6 Å². The maximum Gasteiger partial charge on any atom is 0.417 e. The number of thioether (sulfide) groups is 1. The Morgan fingerprint density at radius 1 is 1.33 bits per heavy atom. The summed E-state index contributed by atoms with van der Waals surface area (Å²) in [5, 5.41) is 11.1. The van der Waals surface area contributed by atoms with Gasteiger partial charge in [-0.05, 0) is 30.4 Å². The third kappa shape index (κ3) is 6.27. The molecule has 0 atom stereocenters. The van der Waals surface area contributed by atoms with Crippen molar-refractivity contribution in [3.8, 4) is 0 Å². The number of aliphatic hydroxyl groups excluding tert-OH is 1. The summed E-state index contributed by atoms with van der Waals surface area (Å²) in [5.74, 6) is 0.597. The number of nitrogens with one attached hydrogen (secondary N) is 1. The minimum absolute atomic E-state index is 0.104. The Balaban J connectivity index is 2.62. The van der Waals surface area contributed by atoms with Crippen LogP contribution in [0.15, 0.2) is 22.7 Å². The molecule has 0 aromatic heterocycles. The molecule has 21 heavy (non-hydrogen) atoms. The number of aliphatic hydroxyl groups is 1. The minimum atomic E-state index is -4.58. The highest BCUT2D eigenvalue weighted by atomic mass is 79.9. The van der Waals surface area contributed by atoms with E-state index in [0.717, 1.165) is 17.9 Å². The molecule has 2 N–H and O–H groups in total. The van der Waals surface area contributed by atoms with E-state index in [4.69, 9.17) is 5.11 Å². The van der Waals surface area contributed by atoms with Gasteiger partial charge in [-0.15, -0.1) is 0 Å². The van der Waals surface area contributed by atoms with Gasteiger partial charge in [-0.2, -0.15) is 24.9 Å². The van der Waals surface area contributed by atoms with Crippen LogP contribution >= 0.6 is 27.7 Å². The first-order chi connectivity index (χ1) is 9.86. The molecule has 0 aliphatic carbocycles. The number of carbonyl (C=O) groups excluding carboxylic acids is 1. The summed E-state index contributed by atoms with van der Waals surface area (Å²) in [7, 11) is 0. The summed E-state index contributed by atoms with van der Waals surface area (Å²) in [6.07, 6.45) is -3.92. The molecule has 1 rings (SSSR count). The van der Waals surface area contributed by atoms with E-state index in [-0.39, 0.29) is 23.2 Å². The first kappa shape index (κ1) is 18.3. The second-order valence-corrected chi connectivity index (χ2v) is 6.27. The zero-order valence-electron chi connectivity index (χ0n) is 11.0. The highest BCUT2D eigenvalue weighted by Gasteiger charge is 2.35. The highest BCUT2D eigenvalue weighted by Crippen LogP contribution is 2.33. The van der Waals surface area contributed by atoms with E-state index >= 15 is 0 Å². The third-order valence-electron chi connectivity index (χ3n) is 2.51. The van der Waals surface area contributed by atoms with E-state index in [9.17, 15) is 18.0 Å². The molecule has 118 valence electrons. The predicted molar refractivity (Wildman–Crippen MR) is 80.5 cm³/mol. The summed E-state index contributed by atoms with van der Waals surface area (Å²) in [6, 6.07) is 3.45. The van der Waals surface area contributed by atoms with Crippen molar-refractivity contribution < 1.29 is 23.1 Å². The van der Waals surface area contributed by atoms with Crippen molar-refractivity contribution in [2.24, 2.45) is 0 Å². The van der Waals surface area contributed by atoms with Crippen LogP contribution in [0.25, 0.3) is 0 Å². The van der Waals surface area contributed by atoms with Crippen LogP contribution in [0.4, 0.5) is 13.2 Å². The largest absolute Gasteiger partial charge is 0.417 e. The molecule has 3 nitrogen and oxygen atoms in total. The Bertz CT molecular complexity index is 483. The molecule has 8 heteroatoms. The topological polar surface area (TPSA) is 49.3 Å². The third-order valence-corrected chi connectivity index (χ3v) is 4.07. The van der Waals surface area contributed by atoms with Crippen molar-refractivity contribution in [3.63, 3.8) is 0 Å². The fraction of sp³-hybridized carbons (Fsp3) is 0.462. The number of hydrogen-bond donors (Lipinski definition) is 2. The average molecular weight is 386 g/mol. The van der Waals surface area contributed by atoms with Crippen LogP contribution in [0.1, 0.15) is 22.3 Å². The maximum atomic E-state index is 12.9. The van der Waals surface area contributed by atoms with Gasteiger partial charge in [0.1, 0.15) is 0 Å². The van der Waals surface area contributed by atoms with Gasteiger partial charge in [0.15, 0.2) is 0 Å². The lowest BCUT2D eigenvalue weighted by molar-refractivity contribution is -0.138. The molecule has 0 radical (unpaired) electrons. The fourth-order valence-electron chi connectivity index (χ4n) is 1.55. The first-order valence-electron chi connectivity index (χ1n) is 6.20. The van der Waals surface area contributed by atoms with Gasteiger partial charge >= 0.3 is 6.18 Å². The van der Waals surface area contributed by atoms with Gasteiger partial charge in [-0.1, -0.05) is 15.9 Å². The lowest BCUT2D eigenvalue weighted by Crippen LogP contribution is -2.28. The zero-order chi connectivity index (χ0) is 15.9. The number of alkyl halides is 3. The predicted octanol–water partition coefficient (Wildman–Crippen LogP) is 3.31. The number of hydrogen-bond acceptors (Lipinski definition) is 3. The van der Waals surface area contributed by atoms with Crippen molar-refractivity contribution in [1.29, 1.82) is 0 Å². The summed E-state index contributed by atoms with van der Waals surface area (Å²) in [5.41, 5.74) is -1.34. The SMILES string of the molecule is O=C(NCCSCCCO)c1ccc(Br)cc1C(F)(F)F. The van der Waals surface area contributed by atoms with Crippen LogP contribution in [0.5, 0.6) is 0 Å². The van der Waals surface area contributed by atoms with Crippen molar-refractivity contribution in [2.45, 2.75) is 12.6 Å². The van der Waals surface area contributed by atoms with E-state index < -0.39 is 17.6 Å². The van der Waals surface area contributed by atoms with Crippen LogP contribution in [-0.2, 0) is 6.18 Å². The Kier molecular flexibility index (Phi) is 7.55. The maximum absolute atomic E-state index is 12.9. The molecule has 0 fully saturated rings. The summed E-state index contributed by atoms with van der Waals surface area (Å²) >= 11 is 4.49. The quantitative estimate of drug-likeness (QED) is 0.707. The monoisotopic (exact) mass is 385 g/mol. The van der Waals surface area contributed by atoms with Crippen molar-refractivity contribution in [3.05, 3.63) is 33.8 Å². The van der Waals surface area contributed by atoms with Crippen molar-refractivity contribution in [2.75, 3.05) is 24.7 Å². The van der Waals surface area contributed by atoms with Crippen LogP contribution in [0.3, 0.4) is 0 Å². The molecule has 0 bridgehead atoms. The zero-order valence-corrected chi connectivity index (χ0v) is 13.4. The molecule has 1 aromatic carbocycles. The van der Waals surface area contributed by atoms with E-state index in [2.05, 4.69) is 21.2 Å². The lowest BCUT2D eigenvalue weighted by atomic mass is 10.1. The van der Waals surface area contributed by atoms with E-state index in [1.807, 2.05) is 0 Å². The van der Waals surface area contributed by atoms with Crippen LogP contribution in [-0.4, -0.2) is 35.7 Å². The molecule has 0 unspecified atom stereocenters. The molecule has 1 aromatic rings. The van der Waals surface area contributed by atoms with Gasteiger partial charge < -0.3 is 10.4 Å². The number of halogens is 4. The Hall–Kier alpha value is -0.730. The second-order valence-electron chi connectivity index (χ2n) is 4.13. The number of benzene rings is 1. The molecule has 0 saturated carbocycles. The molecule has 0 aliphatic heterocycles. The normalized spacial score (nSPS) is 11.5. The fourth-order valence-corrected chi connectivity index (χ4v) is 2.69. The summed E-state index contributed by atoms with van der Waals surface area (Å²) in [6.45, 7) is 0.384. The first-order valence-corrected chi connectivity index (χ1v) is 8.14. The molecule has 0 heterocycles. The second kappa shape index (κ2) is 8.65. The Morgan fingerprint density at radius 3 is 2.67 bits per heavy atom. The van der Waals surface area contributed by atoms with E-state index in [1.54, 1.807) is 0 Å². The van der Waals surface area contributed by atoms with Crippen LogP contribution < -0.4 is 5.32 Å². The van der Waals surface area contributed by atoms with Gasteiger partial charge in [-0.3, -0.25) is 4.79 Å². The smallest absolute Gasteiger partial charge is 0.396 e. The molecule has 0 spiro atoms.